The molecule has 0 aliphatic heterocycles. The average Bonchev–Trinajstić information content (AvgIpc) is 2.33. The van der Waals surface area contributed by atoms with Gasteiger partial charge in [0.2, 0.25) is 5.43 Å². The zero-order valence-corrected chi connectivity index (χ0v) is 12.3. The molecule has 2 rings (SSSR count). The van der Waals surface area contributed by atoms with Crippen molar-refractivity contribution in [3.8, 4) is 0 Å². The van der Waals surface area contributed by atoms with E-state index in [-0.39, 0.29) is 5.43 Å². The highest BCUT2D eigenvalue weighted by Gasteiger charge is 2.09. The Kier molecular flexibility index (Phi) is 3.71. The van der Waals surface area contributed by atoms with Gasteiger partial charge in [0.15, 0.2) is 0 Å². The summed E-state index contributed by atoms with van der Waals surface area (Å²) in [6.07, 6.45) is 3.55. The van der Waals surface area contributed by atoms with Crippen molar-refractivity contribution in [3.05, 3.63) is 33.2 Å². The molecular weight excluding hydrogens is 294 g/mol. The van der Waals surface area contributed by atoms with Gasteiger partial charge in [-0.1, -0.05) is 0 Å². The van der Waals surface area contributed by atoms with Crippen molar-refractivity contribution in [1.29, 1.82) is 0 Å². The Balaban J connectivity index is 2.68. The number of hydrogen-bond acceptors (Lipinski definition) is 3. The monoisotopic (exact) mass is 309 g/mol. The minimum Gasteiger partial charge on any atom is -0.382 e. The van der Waals surface area contributed by atoms with Crippen molar-refractivity contribution in [2.75, 3.05) is 5.32 Å². The average molecular weight is 310 g/mol. The van der Waals surface area contributed by atoms with E-state index in [9.17, 15) is 4.79 Å². The lowest BCUT2D eigenvalue weighted by molar-refractivity contribution is 0.774. The Labute approximate surface area is 114 Å². The number of aromatic nitrogens is 2. The van der Waals surface area contributed by atoms with E-state index in [1.165, 1.54) is 0 Å². The highest BCUT2D eigenvalue weighted by atomic mass is 79.9. The molecule has 0 aromatic carbocycles. The highest BCUT2D eigenvalue weighted by molar-refractivity contribution is 9.10. The molecule has 0 amide bonds. The van der Waals surface area contributed by atoms with Gasteiger partial charge >= 0.3 is 0 Å². The summed E-state index contributed by atoms with van der Waals surface area (Å²) in [4.78, 5) is 16.5. The lowest BCUT2D eigenvalue weighted by Gasteiger charge is -2.12. The molecule has 0 radical (unpaired) electrons. The number of aryl methyl sites for hydroxylation is 1. The summed E-state index contributed by atoms with van der Waals surface area (Å²) in [7, 11) is 0. The summed E-state index contributed by atoms with van der Waals surface area (Å²) in [5, 5.41) is 3.89. The van der Waals surface area contributed by atoms with Gasteiger partial charge in [-0.05, 0) is 42.8 Å². The first-order valence-corrected chi connectivity index (χ1v) is 6.77. The quantitative estimate of drug-likeness (QED) is 0.948. The Morgan fingerprint density at radius 2 is 2.22 bits per heavy atom. The van der Waals surface area contributed by atoms with Gasteiger partial charge in [0, 0.05) is 18.8 Å². The summed E-state index contributed by atoms with van der Waals surface area (Å²) in [5.74, 6) is 0. The minimum atomic E-state index is -0.0189. The van der Waals surface area contributed by atoms with Gasteiger partial charge in [-0.3, -0.25) is 4.79 Å². The third kappa shape index (κ3) is 2.41. The summed E-state index contributed by atoms with van der Waals surface area (Å²) in [6.45, 7) is 6.91. The van der Waals surface area contributed by atoms with Crippen molar-refractivity contribution in [1.82, 2.24) is 9.55 Å². The molecule has 0 aliphatic rings. The fourth-order valence-corrected chi connectivity index (χ4v) is 2.35. The molecule has 0 aliphatic carbocycles. The van der Waals surface area contributed by atoms with Gasteiger partial charge in [0.05, 0.1) is 21.7 Å². The second-order valence-electron chi connectivity index (χ2n) is 4.49. The van der Waals surface area contributed by atoms with Crippen LogP contribution in [0.3, 0.4) is 0 Å². The molecule has 2 heterocycles. The van der Waals surface area contributed by atoms with Crippen molar-refractivity contribution >= 4 is 32.7 Å². The minimum absolute atomic E-state index is 0.0189. The third-order valence-electron chi connectivity index (χ3n) is 2.67. The number of halogens is 1. The van der Waals surface area contributed by atoms with E-state index in [2.05, 4.69) is 40.1 Å². The normalized spacial score (nSPS) is 11.2. The molecule has 0 saturated heterocycles. The number of rotatable bonds is 3. The van der Waals surface area contributed by atoms with Crippen LogP contribution in [-0.4, -0.2) is 15.6 Å². The van der Waals surface area contributed by atoms with Crippen molar-refractivity contribution in [2.45, 2.75) is 33.4 Å². The fourth-order valence-electron chi connectivity index (χ4n) is 1.89. The standard InChI is InChI=1S/C13H16BrN3O/c1-4-17-7-11(14)12(18)10-5-9(16-8(2)3)6-15-13(10)17/h5-8,16H,4H2,1-3H3. The number of hydrogen-bond donors (Lipinski definition) is 1. The van der Waals surface area contributed by atoms with E-state index >= 15 is 0 Å². The van der Waals surface area contributed by atoms with Crippen LogP contribution in [-0.2, 0) is 6.54 Å². The SMILES string of the molecule is CCn1cc(Br)c(=O)c2cc(NC(C)C)cnc21. The Morgan fingerprint density at radius 3 is 2.83 bits per heavy atom. The first kappa shape index (κ1) is 13.1. The van der Waals surface area contributed by atoms with Crippen molar-refractivity contribution in [2.24, 2.45) is 0 Å². The summed E-state index contributed by atoms with van der Waals surface area (Å²) in [6, 6.07) is 2.17. The maximum absolute atomic E-state index is 12.1. The van der Waals surface area contributed by atoms with E-state index in [0.29, 0.717) is 15.9 Å². The van der Waals surface area contributed by atoms with E-state index in [0.717, 1.165) is 17.9 Å². The Bertz CT molecular complexity index is 634. The van der Waals surface area contributed by atoms with Gasteiger partial charge in [0.25, 0.3) is 0 Å². The van der Waals surface area contributed by atoms with E-state index in [4.69, 9.17) is 0 Å². The molecular formula is C13H16BrN3O. The molecule has 1 N–H and O–H groups in total. The maximum Gasteiger partial charge on any atom is 0.205 e. The second-order valence-corrected chi connectivity index (χ2v) is 5.34. The first-order valence-electron chi connectivity index (χ1n) is 5.98. The van der Waals surface area contributed by atoms with E-state index in [1.807, 2.05) is 17.6 Å². The van der Waals surface area contributed by atoms with Gasteiger partial charge in [-0.15, -0.1) is 0 Å². The van der Waals surface area contributed by atoms with Crippen LogP contribution in [0.25, 0.3) is 11.0 Å². The Hall–Kier alpha value is -1.36. The lowest BCUT2D eigenvalue weighted by atomic mass is 10.2. The number of pyridine rings is 2. The molecule has 0 unspecified atom stereocenters. The predicted octanol–water partition coefficient (Wildman–Crippen LogP) is 3.00. The number of nitrogens with one attached hydrogen (secondary N) is 1. The molecule has 0 bridgehead atoms. The van der Waals surface area contributed by atoms with Crippen LogP contribution in [0, 0.1) is 0 Å². The summed E-state index contributed by atoms with van der Waals surface area (Å²) in [5.41, 5.74) is 1.57. The van der Waals surface area contributed by atoms with Gasteiger partial charge in [-0.25, -0.2) is 4.98 Å². The van der Waals surface area contributed by atoms with Crippen molar-refractivity contribution in [3.63, 3.8) is 0 Å². The molecule has 0 fully saturated rings. The smallest absolute Gasteiger partial charge is 0.205 e. The second kappa shape index (κ2) is 5.10. The number of nitrogens with zero attached hydrogens (tertiary/aromatic N) is 2. The van der Waals surface area contributed by atoms with Crippen LogP contribution in [0.4, 0.5) is 5.69 Å². The molecule has 4 nitrogen and oxygen atoms in total. The molecule has 0 saturated carbocycles. The number of fused-ring (bicyclic) bond motifs is 1. The lowest BCUT2D eigenvalue weighted by Crippen LogP contribution is -2.14. The zero-order chi connectivity index (χ0) is 13.3. The van der Waals surface area contributed by atoms with E-state index < -0.39 is 0 Å². The highest BCUT2D eigenvalue weighted by Crippen LogP contribution is 2.17. The molecule has 2 aromatic rings. The molecule has 5 heteroatoms. The third-order valence-corrected chi connectivity index (χ3v) is 3.23. The topological polar surface area (TPSA) is 46.9 Å². The zero-order valence-electron chi connectivity index (χ0n) is 10.7. The van der Waals surface area contributed by atoms with Gasteiger partial charge < -0.3 is 9.88 Å². The fraction of sp³-hybridized carbons (Fsp3) is 0.385. The van der Waals surface area contributed by atoms with Crippen molar-refractivity contribution < 1.29 is 0 Å². The first-order chi connectivity index (χ1) is 8.52. The molecule has 0 atom stereocenters. The number of anilines is 1. The maximum atomic E-state index is 12.1. The van der Waals surface area contributed by atoms with Crippen LogP contribution in [0.2, 0.25) is 0 Å². The van der Waals surface area contributed by atoms with E-state index in [1.54, 1.807) is 12.4 Å². The van der Waals surface area contributed by atoms with Crippen LogP contribution in [0.5, 0.6) is 0 Å². The summed E-state index contributed by atoms with van der Waals surface area (Å²) >= 11 is 3.30. The van der Waals surface area contributed by atoms with Crippen LogP contribution in [0.1, 0.15) is 20.8 Å². The molecule has 96 valence electrons. The largest absolute Gasteiger partial charge is 0.382 e. The van der Waals surface area contributed by atoms with Gasteiger partial charge in [0.1, 0.15) is 5.65 Å². The molecule has 2 aromatic heterocycles. The molecule has 0 spiro atoms. The van der Waals surface area contributed by atoms with Crippen LogP contribution in [0.15, 0.2) is 27.7 Å². The van der Waals surface area contributed by atoms with Crippen LogP contribution >= 0.6 is 15.9 Å². The Morgan fingerprint density at radius 1 is 1.50 bits per heavy atom. The predicted molar refractivity (Wildman–Crippen MR) is 78.1 cm³/mol. The molecule has 18 heavy (non-hydrogen) atoms. The summed E-state index contributed by atoms with van der Waals surface area (Å²) < 4.78 is 2.53. The van der Waals surface area contributed by atoms with Crippen LogP contribution < -0.4 is 10.7 Å². The van der Waals surface area contributed by atoms with Gasteiger partial charge in [-0.2, -0.15) is 0 Å².